The van der Waals surface area contributed by atoms with Crippen LogP contribution in [0.5, 0.6) is 0 Å². The first kappa shape index (κ1) is 23.9. The Hall–Kier alpha value is -0.770. The van der Waals surface area contributed by atoms with Crippen LogP contribution in [0.1, 0.15) is 96.8 Å². The van der Waals surface area contributed by atoms with Gasteiger partial charge in [0.25, 0.3) is 0 Å². The van der Waals surface area contributed by atoms with Crippen LogP contribution in [0.2, 0.25) is 0 Å². The third kappa shape index (κ3) is 5.26. The largest absolute Gasteiger partial charge is 0.380 e. The van der Waals surface area contributed by atoms with Gasteiger partial charge in [-0.25, -0.2) is 0 Å². The zero-order valence-corrected chi connectivity index (χ0v) is 22.4. The number of hydrogen-bond donors (Lipinski definition) is 0. The molecule has 0 radical (unpaired) electrons. The summed E-state index contributed by atoms with van der Waals surface area (Å²) < 4.78 is 14.2. The highest BCUT2D eigenvalue weighted by atomic mass is 31.1. The number of allylic oxidation sites excluding steroid dienone is 10. The van der Waals surface area contributed by atoms with Gasteiger partial charge in [0.1, 0.15) is 0 Å². The van der Waals surface area contributed by atoms with Gasteiger partial charge in [-0.1, -0.05) is 100.0 Å². The van der Waals surface area contributed by atoms with Gasteiger partial charge in [0.15, 0.2) is 11.0 Å². The van der Waals surface area contributed by atoms with Crippen molar-refractivity contribution in [3.8, 4) is 0 Å². The first-order valence-electron chi connectivity index (χ1n) is 13.9. The summed E-state index contributed by atoms with van der Waals surface area (Å²) in [6.45, 7) is 2.57. The Balaban J connectivity index is 1.37. The van der Waals surface area contributed by atoms with Crippen molar-refractivity contribution in [3.63, 3.8) is 0 Å². The molecule has 0 N–H and O–H groups in total. The van der Waals surface area contributed by atoms with Gasteiger partial charge in [-0.2, -0.15) is 0 Å². The average Bonchev–Trinajstić information content (AvgIpc) is 3.58. The standard InChI is InChI=1S/C30H43OP2/c1-23(32(25-15-4-2-5-16-25)26-17-6-3-7-18-26)27-20-12-22-29(27)33(31)30-21-11-10-19-28(30)24-13-8-9-14-24/h8-11,13,20-21,23,25-26,28-29H,2-7,12,14-19,22H2,1H3/q+1/t23-,28?,29?/m1/s1. The molecule has 2 fully saturated rings. The van der Waals surface area contributed by atoms with Crippen molar-refractivity contribution < 1.29 is 4.57 Å². The molecule has 0 bridgehead atoms. The predicted molar refractivity (Wildman–Crippen MR) is 146 cm³/mol. The Labute approximate surface area is 204 Å². The molecule has 3 heteroatoms. The fourth-order valence-corrected chi connectivity index (χ4v) is 14.0. The number of rotatable bonds is 7. The van der Waals surface area contributed by atoms with Crippen LogP contribution in [0.15, 0.2) is 59.0 Å². The first-order chi connectivity index (χ1) is 16.2. The maximum Gasteiger partial charge on any atom is 0.380 e. The molecule has 0 amide bonds. The molecule has 178 valence electrons. The minimum atomic E-state index is -1.35. The summed E-state index contributed by atoms with van der Waals surface area (Å²) in [5.74, 6) is 0.365. The van der Waals surface area contributed by atoms with Crippen LogP contribution in [-0.2, 0) is 4.57 Å². The van der Waals surface area contributed by atoms with E-state index in [1.54, 1.807) is 5.57 Å². The zero-order valence-electron chi connectivity index (χ0n) is 20.6. The van der Waals surface area contributed by atoms with Crippen LogP contribution >= 0.6 is 15.7 Å². The van der Waals surface area contributed by atoms with Crippen molar-refractivity contribution >= 4 is 15.7 Å². The lowest BCUT2D eigenvalue weighted by Crippen LogP contribution is -2.28. The van der Waals surface area contributed by atoms with E-state index in [1.807, 2.05) is 0 Å². The van der Waals surface area contributed by atoms with Gasteiger partial charge in [-0.05, 0) is 67.9 Å². The third-order valence-electron chi connectivity index (χ3n) is 9.04. The first-order valence-corrected chi connectivity index (χ1v) is 16.8. The van der Waals surface area contributed by atoms with E-state index in [9.17, 15) is 4.57 Å². The van der Waals surface area contributed by atoms with Crippen molar-refractivity contribution in [1.82, 2.24) is 0 Å². The topological polar surface area (TPSA) is 17.1 Å². The normalized spacial score (nSPS) is 30.4. The highest BCUT2D eigenvalue weighted by Crippen LogP contribution is 2.63. The maximum absolute atomic E-state index is 14.2. The van der Waals surface area contributed by atoms with Gasteiger partial charge in [-0.3, -0.25) is 0 Å². The summed E-state index contributed by atoms with van der Waals surface area (Å²) in [5, 5.41) is 1.24. The van der Waals surface area contributed by atoms with E-state index < -0.39 is 7.80 Å². The molecule has 4 atom stereocenters. The summed E-state index contributed by atoms with van der Waals surface area (Å²) in [6.07, 6.45) is 34.8. The molecule has 0 aromatic carbocycles. The molecular weight excluding hydrogens is 438 g/mol. The molecule has 0 heterocycles. The second kappa shape index (κ2) is 11.3. The maximum atomic E-state index is 14.2. The molecule has 33 heavy (non-hydrogen) atoms. The van der Waals surface area contributed by atoms with Crippen LogP contribution in [0.4, 0.5) is 0 Å². The fourth-order valence-electron chi connectivity index (χ4n) is 7.36. The van der Waals surface area contributed by atoms with Gasteiger partial charge in [0, 0.05) is 12.1 Å². The molecule has 5 rings (SSSR count). The van der Waals surface area contributed by atoms with Gasteiger partial charge >= 0.3 is 7.80 Å². The molecule has 5 aliphatic carbocycles. The van der Waals surface area contributed by atoms with Crippen LogP contribution in [0, 0.1) is 5.92 Å². The number of hydrogen-bond acceptors (Lipinski definition) is 1. The van der Waals surface area contributed by atoms with Crippen molar-refractivity contribution in [2.75, 3.05) is 0 Å². The lowest BCUT2D eigenvalue weighted by molar-refractivity contribution is 0.482. The second-order valence-electron chi connectivity index (χ2n) is 11.0. The zero-order chi connectivity index (χ0) is 22.6. The lowest BCUT2D eigenvalue weighted by Gasteiger charge is -2.42. The van der Waals surface area contributed by atoms with E-state index in [0.29, 0.717) is 17.2 Å². The monoisotopic (exact) mass is 481 g/mol. The molecular formula is C30H43OP2+. The molecule has 0 saturated heterocycles. The van der Waals surface area contributed by atoms with Crippen molar-refractivity contribution in [2.24, 2.45) is 5.92 Å². The summed E-state index contributed by atoms with van der Waals surface area (Å²) in [4.78, 5) is 0. The molecule has 0 aromatic heterocycles. The van der Waals surface area contributed by atoms with Gasteiger partial charge in [-0.15, -0.1) is 0 Å². The summed E-state index contributed by atoms with van der Waals surface area (Å²) >= 11 is 0. The molecule has 0 spiro atoms. The minimum Gasteiger partial charge on any atom is -0.0931 e. The smallest absolute Gasteiger partial charge is 0.0931 e. The Kier molecular flexibility index (Phi) is 8.21. The molecule has 0 aliphatic heterocycles. The summed E-state index contributed by atoms with van der Waals surface area (Å²) in [6, 6.07) is 0. The molecule has 3 unspecified atom stereocenters. The van der Waals surface area contributed by atoms with Crippen LogP contribution in [0.3, 0.4) is 0 Å². The quantitative estimate of drug-likeness (QED) is 0.261. The van der Waals surface area contributed by atoms with Crippen molar-refractivity contribution in [1.29, 1.82) is 0 Å². The van der Waals surface area contributed by atoms with E-state index in [0.717, 1.165) is 37.0 Å². The van der Waals surface area contributed by atoms with Crippen LogP contribution in [-0.4, -0.2) is 22.6 Å². The SMILES string of the molecule is C[C@H](C1=CCCC1[P+](=O)C1=CC=CCC1C1=CC=CC1)P(C1CCCCC1)C1CCCCC1. The Morgan fingerprint density at radius 3 is 2.18 bits per heavy atom. The van der Waals surface area contributed by atoms with Gasteiger partial charge in [0.05, 0.1) is 5.92 Å². The summed E-state index contributed by atoms with van der Waals surface area (Å²) in [5.41, 5.74) is 5.98. The van der Waals surface area contributed by atoms with E-state index >= 15 is 0 Å². The highest BCUT2D eigenvalue weighted by molar-refractivity contribution is 7.60. The third-order valence-corrected chi connectivity index (χ3v) is 15.0. The van der Waals surface area contributed by atoms with Crippen LogP contribution in [0.25, 0.3) is 0 Å². The molecule has 2 saturated carbocycles. The molecule has 1 nitrogen and oxygen atoms in total. The second-order valence-corrected chi connectivity index (χ2v) is 15.9. The van der Waals surface area contributed by atoms with E-state index in [1.165, 1.54) is 75.1 Å². The Morgan fingerprint density at radius 2 is 1.55 bits per heavy atom. The molecule has 5 aliphatic rings. The van der Waals surface area contributed by atoms with Gasteiger partial charge < -0.3 is 0 Å². The molecule has 0 aromatic rings. The van der Waals surface area contributed by atoms with Gasteiger partial charge in [0.2, 0.25) is 0 Å². The van der Waals surface area contributed by atoms with Crippen molar-refractivity contribution in [3.05, 3.63) is 59.0 Å². The Bertz CT molecular complexity index is 846. The Morgan fingerprint density at radius 1 is 0.879 bits per heavy atom. The van der Waals surface area contributed by atoms with Crippen molar-refractivity contribution in [2.45, 2.75) is 119 Å². The summed E-state index contributed by atoms with van der Waals surface area (Å²) in [7, 11) is -1.36. The van der Waals surface area contributed by atoms with E-state index in [-0.39, 0.29) is 7.92 Å². The predicted octanol–water partition coefficient (Wildman–Crippen LogP) is 9.78. The minimum absolute atomic E-state index is 0.00938. The van der Waals surface area contributed by atoms with E-state index in [2.05, 4.69) is 49.5 Å². The average molecular weight is 482 g/mol. The highest BCUT2D eigenvalue weighted by Gasteiger charge is 2.47. The fraction of sp³-hybridized carbons (Fsp3) is 0.667. The van der Waals surface area contributed by atoms with Crippen LogP contribution < -0.4 is 0 Å². The van der Waals surface area contributed by atoms with E-state index in [4.69, 9.17) is 0 Å². The lowest BCUT2D eigenvalue weighted by atomic mass is 9.91.